The highest BCUT2D eigenvalue weighted by Gasteiger charge is 2.15. The molecule has 0 fully saturated rings. The van der Waals surface area contributed by atoms with E-state index < -0.39 is 17.5 Å². The highest BCUT2D eigenvalue weighted by atomic mass is 32.2. The first-order chi connectivity index (χ1) is 9.58. The fourth-order valence-corrected chi connectivity index (χ4v) is 3.47. The van der Waals surface area contributed by atoms with Crippen molar-refractivity contribution in [2.75, 3.05) is 0 Å². The Kier molecular flexibility index (Phi) is 4.60. The SMILES string of the molecule is O=C(O)/C(O)=C/C(=O)c1ccsc1Sc1ccccc1. The summed E-state index contributed by atoms with van der Waals surface area (Å²) in [5.74, 6) is -3.01. The van der Waals surface area contributed by atoms with Crippen molar-refractivity contribution in [2.24, 2.45) is 0 Å². The third-order valence-corrected chi connectivity index (χ3v) is 4.49. The van der Waals surface area contributed by atoms with Crippen LogP contribution in [0.5, 0.6) is 0 Å². The monoisotopic (exact) mass is 306 g/mol. The fraction of sp³-hybridized carbons (Fsp3) is 0. The van der Waals surface area contributed by atoms with E-state index >= 15 is 0 Å². The van der Waals surface area contributed by atoms with Gasteiger partial charge in [0, 0.05) is 16.5 Å². The van der Waals surface area contributed by atoms with Crippen LogP contribution in [0.1, 0.15) is 10.4 Å². The maximum absolute atomic E-state index is 11.9. The summed E-state index contributed by atoms with van der Waals surface area (Å²) in [6.45, 7) is 0. The van der Waals surface area contributed by atoms with Crippen molar-refractivity contribution in [1.82, 2.24) is 0 Å². The second-order valence-electron chi connectivity index (χ2n) is 3.74. The molecule has 0 aliphatic heterocycles. The number of hydrogen-bond acceptors (Lipinski definition) is 5. The lowest BCUT2D eigenvalue weighted by atomic mass is 10.2. The third-order valence-electron chi connectivity index (χ3n) is 2.34. The van der Waals surface area contributed by atoms with Crippen LogP contribution in [0.15, 0.2) is 62.7 Å². The van der Waals surface area contributed by atoms with Crippen molar-refractivity contribution in [3.05, 3.63) is 59.2 Å². The van der Waals surface area contributed by atoms with Gasteiger partial charge in [0.1, 0.15) is 0 Å². The molecule has 1 heterocycles. The first-order valence-corrected chi connectivity index (χ1v) is 7.26. The molecule has 20 heavy (non-hydrogen) atoms. The molecule has 0 unspecified atom stereocenters. The largest absolute Gasteiger partial charge is 0.502 e. The zero-order chi connectivity index (χ0) is 14.5. The Balaban J connectivity index is 2.23. The van der Waals surface area contributed by atoms with Crippen LogP contribution in [0.4, 0.5) is 0 Å². The zero-order valence-electron chi connectivity index (χ0n) is 10.1. The van der Waals surface area contributed by atoms with Gasteiger partial charge in [-0.15, -0.1) is 11.3 Å². The maximum Gasteiger partial charge on any atom is 0.371 e. The molecule has 6 heteroatoms. The van der Waals surface area contributed by atoms with E-state index in [-0.39, 0.29) is 0 Å². The summed E-state index contributed by atoms with van der Waals surface area (Å²) in [5, 5.41) is 19.4. The van der Waals surface area contributed by atoms with E-state index in [0.717, 1.165) is 15.2 Å². The Morgan fingerprint density at radius 2 is 1.80 bits per heavy atom. The van der Waals surface area contributed by atoms with Crippen molar-refractivity contribution >= 4 is 34.9 Å². The number of aliphatic carboxylic acids is 1. The molecule has 1 aromatic heterocycles. The van der Waals surface area contributed by atoms with Gasteiger partial charge >= 0.3 is 5.97 Å². The summed E-state index contributed by atoms with van der Waals surface area (Å²) in [6.07, 6.45) is 0.722. The van der Waals surface area contributed by atoms with Crippen molar-refractivity contribution < 1.29 is 19.8 Å². The Hall–Kier alpha value is -2.05. The predicted octanol–water partition coefficient (Wildman–Crippen LogP) is 3.61. The summed E-state index contributed by atoms with van der Waals surface area (Å²) in [6, 6.07) is 11.1. The van der Waals surface area contributed by atoms with Crippen molar-refractivity contribution in [3.8, 4) is 0 Å². The van der Waals surface area contributed by atoms with Crippen LogP contribution in [-0.2, 0) is 4.79 Å². The van der Waals surface area contributed by atoms with E-state index in [2.05, 4.69) is 0 Å². The number of carboxylic acid groups (broad SMARTS) is 1. The van der Waals surface area contributed by atoms with Gasteiger partial charge in [0.15, 0.2) is 5.78 Å². The van der Waals surface area contributed by atoms with Crippen molar-refractivity contribution in [2.45, 2.75) is 9.10 Å². The van der Waals surface area contributed by atoms with Gasteiger partial charge in [-0.25, -0.2) is 4.79 Å². The predicted molar refractivity (Wildman–Crippen MR) is 77.6 cm³/mol. The topological polar surface area (TPSA) is 74.6 Å². The molecule has 2 N–H and O–H groups in total. The maximum atomic E-state index is 11.9. The smallest absolute Gasteiger partial charge is 0.371 e. The molecule has 102 valence electrons. The number of allylic oxidation sites excluding steroid dienone is 1. The highest BCUT2D eigenvalue weighted by Crippen LogP contribution is 2.35. The number of aliphatic hydroxyl groups is 1. The van der Waals surface area contributed by atoms with Crippen LogP contribution < -0.4 is 0 Å². The molecule has 0 saturated carbocycles. The van der Waals surface area contributed by atoms with Gasteiger partial charge < -0.3 is 10.2 Å². The van der Waals surface area contributed by atoms with E-state index in [4.69, 9.17) is 10.2 Å². The Labute approximate surface area is 123 Å². The average Bonchev–Trinajstić information content (AvgIpc) is 2.88. The molecule has 2 aromatic rings. The van der Waals surface area contributed by atoms with Gasteiger partial charge in [-0.3, -0.25) is 4.79 Å². The molecule has 0 amide bonds. The lowest BCUT2D eigenvalue weighted by Crippen LogP contribution is -2.03. The van der Waals surface area contributed by atoms with Gasteiger partial charge in [-0.2, -0.15) is 0 Å². The number of carbonyl (C=O) groups excluding carboxylic acids is 1. The molecule has 0 bridgehead atoms. The third kappa shape index (κ3) is 3.49. The minimum atomic E-state index is -1.52. The van der Waals surface area contributed by atoms with Gasteiger partial charge in [-0.05, 0) is 23.6 Å². The van der Waals surface area contributed by atoms with Crippen LogP contribution >= 0.6 is 23.1 Å². The number of benzene rings is 1. The number of aliphatic hydroxyl groups excluding tert-OH is 1. The molecule has 1 aromatic carbocycles. The molecule has 0 aliphatic carbocycles. The molecular weight excluding hydrogens is 296 g/mol. The Bertz CT molecular complexity index is 659. The Morgan fingerprint density at radius 1 is 1.10 bits per heavy atom. The van der Waals surface area contributed by atoms with Crippen LogP contribution in [0.25, 0.3) is 0 Å². The standard InChI is InChI=1S/C14H10O4S2/c15-11(8-12(16)13(17)18)10-6-7-19-14(10)20-9-4-2-1-3-5-9/h1-8,16H,(H,17,18)/b12-8-. The average molecular weight is 306 g/mol. The van der Waals surface area contributed by atoms with Crippen LogP contribution in [0, 0.1) is 0 Å². The number of rotatable bonds is 5. The highest BCUT2D eigenvalue weighted by molar-refractivity contribution is 8.01. The normalized spacial score (nSPS) is 11.3. The summed E-state index contributed by atoms with van der Waals surface area (Å²) in [5.41, 5.74) is 0.386. The molecule has 0 saturated heterocycles. The first-order valence-electron chi connectivity index (χ1n) is 5.56. The van der Waals surface area contributed by atoms with Crippen molar-refractivity contribution in [1.29, 1.82) is 0 Å². The fourth-order valence-electron chi connectivity index (χ4n) is 1.42. The summed E-state index contributed by atoms with van der Waals surface area (Å²) in [4.78, 5) is 23.4. The van der Waals surface area contributed by atoms with Gasteiger partial charge in [0.25, 0.3) is 0 Å². The second kappa shape index (κ2) is 6.40. The van der Waals surface area contributed by atoms with Gasteiger partial charge in [0.2, 0.25) is 5.76 Å². The van der Waals surface area contributed by atoms with E-state index in [1.54, 1.807) is 11.4 Å². The van der Waals surface area contributed by atoms with E-state index in [0.29, 0.717) is 5.56 Å². The lowest BCUT2D eigenvalue weighted by Gasteiger charge is -2.01. The minimum absolute atomic E-state index is 0.386. The summed E-state index contributed by atoms with van der Waals surface area (Å²) in [7, 11) is 0. The quantitative estimate of drug-likeness (QED) is 0.501. The van der Waals surface area contributed by atoms with Gasteiger partial charge in [-0.1, -0.05) is 30.0 Å². The van der Waals surface area contributed by atoms with E-state index in [9.17, 15) is 9.59 Å². The Morgan fingerprint density at radius 3 is 2.45 bits per heavy atom. The number of thiophene rings is 1. The van der Waals surface area contributed by atoms with Crippen molar-refractivity contribution in [3.63, 3.8) is 0 Å². The molecular formula is C14H10O4S2. The molecule has 0 aliphatic rings. The molecule has 4 nitrogen and oxygen atoms in total. The lowest BCUT2D eigenvalue weighted by molar-refractivity contribution is -0.135. The van der Waals surface area contributed by atoms with E-state index in [1.807, 2.05) is 30.3 Å². The number of hydrogen-bond donors (Lipinski definition) is 2. The number of carbonyl (C=O) groups is 2. The van der Waals surface area contributed by atoms with E-state index in [1.165, 1.54) is 23.1 Å². The number of ketones is 1. The summed E-state index contributed by atoms with van der Waals surface area (Å²) >= 11 is 2.82. The van der Waals surface area contributed by atoms with Crippen LogP contribution in [0.2, 0.25) is 0 Å². The second-order valence-corrected chi connectivity index (χ2v) is 5.99. The first kappa shape index (κ1) is 14.4. The zero-order valence-corrected chi connectivity index (χ0v) is 11.8. The molecule has 0 radical (unpaired) electrons. The molecule has 0 atom stereocenters. The minimum Gasteiger partial charge on any atom is -0.502 e. The summed E-state index contributed by atoms with van der Waals surface area (Å²) < 4.78 is 0.760. The van der Waals surface area contributed by atoms with Crippen LogP contribution in [-0.4, -0.2) is 22.0 Å². The van der Waals surface area contributed by atoms with Gasteiger partial charge in [0.05, 0.1) is 4.21 Å². The number of carboxylic acids is 1. The van der Waals surface area contributed by atoms with Crippen LogP contribution in [0.3, 0.4) is 0 Å². The molecule has 0 spiro atoms. The molecule has 2 rings (SSSR count).